The van der Waals surface area contributed by atoms with E-state index in [1.165, 1.54) is 44.9 Å². The van der Waals surface area contributed by atoms with Crippen LogP contribution in [0.4, 0.5) is 0 Å². The third-order valence-corrected chi connectivity index (χ3v) is 5.76. The van der Waals surface area contributed by atoms with Crippen molar-refractivity contribution in [3.63, 3.8) is 0 Å². The number of hydrogen-bond donors (Lipinski definition) is 2. The second-order valence-corrected chi connectivity index (χ2v) is 6.78. The fraction of sp³-hybridized carbons (Fsp3) is 0.933. The van der Waals surface area contributed by atoms with E-state index in [-0.39, 0.29) is 17.9 Å². The summed E-state index contributed by atoms with van der Waals surface area (Å²) in [5.74, 6) is 2.23. The van der Waals surface area contributed by atoms with Crippen molar-refractivity contribution in [1.82, 2.24) is 5.32 Å². The van der Waals surface area contributed by atoms with Crippen molar-refractivity contribution < 1.29 is 4.79 Å². The molecule has 18 heavy (non-hydrogen) atoms. The lowest BCUT2D eigenvalue weighted by Gasteiger charge is -2.29. The minimum absolute atomic E-state index is 0.104. The molecule has 3 fully saturated rings. The van der Waals surface area contributed by atoms with E-state index < -0.39 is 0 Å². The van der Waals surface area contributed by atoms with Crippen molar-refractivity contribution in [2.75, 3.05) is 0 Å². The van der Waals surface area contributed by atoms with Gasteiger partial charge in [0.25, 0.3) is 0 Å². The molecule has 0 aromatic carbocycles. The van der Waals surface area contributed by atoms with Crippen LogP contribution in [0.15, 0.2) is 0 Å². The maximum atomic E-state index is 12.4. The summed E-state index contributed by atoms with van der Waals surface area (Å²) in [6.45, 7) is 2.17. The Labute approximate surface area is 110 Å². The third-order valence-electron chi connectivity index (χ3n) is 5.76. The highest BCUT2D eigenvalue weighted by Crippen LogP contribution is 2.47. The van der Waals surface area contributed by atoms with Gasteiger partial charge in [0.05, 0.1) is 5.92 Å². The number of amides is 1. The second-order valence-electron chi connectivity index (χ2n) is 6.78. The van der Waals surface area contributed by atoms with E-state index in [1.54, 1.807) is 0 Å². The van der Waals surface area contributed by atoms with E-state index >= 15 is 0 Å². The smallest absolute Gasteiger partial charge is 0.225 e. The normalized spacial score (nSPS) is 41.2. The van der Waals surface area contributed by atoms with Crippen molar-refractivity contribution in [3.8, 4) is 0 Å². The van der Waals surface area contributed by atoms with Crippen LogP contribution in [-0.2, 0) is 4.79 Å². The topological polar surface area (TPSA) is 55.1 Å². The number of carbonyl (C=O) groups is 1. The minimum atomic E-state index is 0.104. The maximum Gasteiger partial charge on any atom is 0.225 e. The molecule has 0 aromatic rings. The summed E-state index contributed by atoms with van der Waals surface area (Å²) in [5, 5.41) is 3.26. The Morgan fingerprint density at radius 2 is 1.83 bits per heavy atom. The van der Waals surface area contributed by atoms with E-state index in [0.717, 1.165) is 0 Å². The summed E-state index contributed by atoms with van der Waals surface area (Å²) in [5.41, 5.74) is 6.23. The molecule has 0 heterocycles. The lowest BCUT2D eigenvalue weighted by Crippen LogP contribution is -2.48. The lowest BCUT2D eigenvalue weighted by molar-refractivity contribution is -0.128. The Morgan fingerprint density at radius 1 is 1.17 bits per heavy atom. The molecule has 3 rings (SSSR count). The zero-order valence-electron chi connectivity index (χ0n) is 11.4. The van der Waals surface area contributed by atoms with Gasteiger partial charge in [-0.05, 0) is 56.8 Å². The lowest BCUT2D eigenvalue weighted by atomic mass is 9.84. The van der Waals surface area contributed by atoms with Gasteiger partial charge in [-0.15, -0.1) is 0 Å². The molecular weight excluding hydrogens is 224 g/mol. The molecule has 1 amide bonds. The van der Waals surface area contributed by atoms with Crippen LogP contribution in [0.3, 0.4) is 0 Å². The molecule has 0 radical (unpaired) electrons. The largest absolute Gasteiger partial charge is 0.353 e. The number of fused-ring (bicyclic) bond motifs is 2. The first-order valence-corrected chi connectivity index (χ1v) is 7.72. The third kappa shape index (κ3) is 2.07. The highest BCUT2D eigenvalue weighted by molar-refractivity contribution is 5.80. The summed E-state index contributed by atoms with van der Waals surface area (Å²) in [6, 6.07) is 0.464. The Kier molecular flexibility index (Phi) is 3.35. The van der Waals surface area contributed by atoms with Crippen molar-refractivity contribution in [3.05, 3.63) is 0 Å². The van der Waals surface area contributed by atoms with E-state index in [4.69, 9.17) is 5.73 Å². The average Bonchev–Trinajstić information content (AvgIpc) is 3.05. The van der Waals surface area contributed by atoms with E-state index in [0.29, 0.717) is 23.8 Å². The summed E-state index contributed by atoms with van der Waals surface area (Å²) in [4.78, 5) is 12.4. The Balaban J connectivity index is 1.58. The van der Waals surface area contributed by atoms with Crippen molar-refractivity contribution in [2.45, 2.75) is 64.0 Å². The zero-order valence-corrected chi connectivity index (χ0v) is 11.4. The summed E-state index contributed by atoms with van der Waals surface area (Å²) >= 11 is 0. The van der Waals surface area contributed by atoms with E-state index in [2.05, 4.69) is 12.2 Å². The molecule has 102 valence electrons. The van der Waals surface area contributed by atoms with Crippen molar-refractivity contribution in [1.29, 1.82) is 0 Å². The molecule has 3 N–H and O–H groups in total. The molecule has 4 unspecified atom stereocenters. The fourth-order valence-electron chi connectivity index (χ4n) is 4.62. The molecule has 5 atom stereocenters. The average molecular weight is 250 g/mol. The van der Waals surface area contributed by atoms with Crippen molar-refractivity contribution >= 4 is 5.91 Å². The molecule has 3 nitrogen and oxygen atoms in total. The number of hydrogen-bond acceptors (Lipinski definition) is 2. The zero-order chi connectivity index (χ0) is 12.7. The second kappa shape index (κ2) is 4.84. The number of rotatable bonds is 3. The predicted octanol–water partition coefficient (Wildman–Crippen LogP) is 2.05. The molecule has 0 aliphatic heterocycles. The van der Waals surface area contributed by atoms with Gasteiger partial charge < -0.3 is 11.1 Å². The number of nitrogens with two attached hydrogens (primary N) is 1. The Bertz CT molecular complexity index is 322. The SMILES string of the molecule is C[C@@H](NC(=O)C1C2CCC(C2)C1N)C1CCCC1. The van der Waals surface area contributed by atoms with E-state index in [9.17, 15) is 4.79 Å². The first kappa shape index (κ1) is 12.5. The van der Waals surface area contributed by atoms with Crippen LogP contribution in [0.25, 0.3) is 0 Å². The van der Waals surface area contributed by atoms with Gasteiger partial charge >= 0.3 is 0 Å². The van der Waals surface area contributed by atoms with Crippen LogP contribution in [0.5, 0.6) is 0 Å². The molecule has 0 spiro atoms. The monoisotopic (exact) mass is 250 g/mol. The minimum Gasteiger partial charge on any atom is -0.353 e. The van der Waals surface area contributed by atoms with Gasteiger partial charge in [-0.1, -0.05) is 12.8 Å². The number of carbonyl (C=O) groups excluding carboxylic acids is 1. The summed E-state index contributed by atoms with van der Waals surface area (Å²) in [7, 11) is 0. The fourth-order valence-corrected chi connectivity index (χ4v) is 4.62. The Hall–Kier alpha value is -0.570. The summed E-state index contributed by atoms with van der Waals surface area (Å²) < 4.78 is 0. The molecule has 3 aliphatic rings. The first-order valence-electron chi connectivity index (χ1n) is 7.72. The van der Waals surface area contributed by atoms with Crippen LogP contribution in [0, 0.1) is 23.7 Å². The first-order chi connectivity index (χ1) is 8.66. The highest BCUT2D eigenvalue weighted by atomic mass is 16.2. The molecule has 0 saturated heterocycles. The van der Waals surface area contributed by atoms with Crippen LogP contribution in [0.1, 0.15) is 51.9 Å². The molecular formula is C15H26N2O. The maximum absolute atomic E-state index is 12.4. The van der Waals surface area contributed by atoms with Crippen LogP contribution >= 0.6 is 0 Å². The summed E-state index contributed by atoms with van der Waals surface area (Å²) in [6.07, 6.45) is 8.88. The van der Waals surface area contributed by atoms with Gasteiger partial charge in [0, 0.05) is 12.1 Å². The molecule has 0 aromatic heterocycles. The van der Waals surface area contributed by atoms with Gasteiger partial charge in [0.15, 0.2) is 0 Å². The van der Waals surface area contributed by atoms with Gasteiger partial charge in [-0.25, -0.2) is 0 Å². The number of nitrogens with one attached hydrogen (secondary N) is 1. The quantitative estimate of drug-likeness (QED) is 0.805. The van der Waals surface area contributed by atoms with Crippen LogP contribution in [0.2, 0.25) is 0 Å². The van der Waals surface area contributed by atoms with Crippen LogP contribution < -0.4 is 11.1 Å². The van der Waals surface area contributed by atoms with Gasteiger partial charge in [-0.2, -0.15) is 0 Å². The van der Waals surface area contributed by atoms with Gasteiger partial charge in [0.2, 0.25) is 5.91 Å². The van der Waals surface area contributed by atoms with Crippen LogP contribution in [-0.4, -0.2) is 18.0 Å². The molecule has 2 bridgehead atoms. The highest BCUT2D eigenvalue weighted by Gasteiger charge is 2.49. The molecule has 3 aliphatic carbocycles. The Morgan fingerprint density at radius 3 is 2.44 bits per heavy atom. The van der Waals surface area contributed by atoms with Crippen molar-refractivity contribution in [2.24, 2.45) is 29.4 Å². The standard InChI is InChI=1S/C15H26N2O/c1-9(10-4-2-3-5-10)17-15(18)13-11-6-7-12(8-11)14(13)16/h9-14H,2-8,16H2,1H3,(H,17,18)/t9-,11?,12?,13?,14?/m1/s1. The predicted molar refractivity (Wildman–Crippen MR) is 71.9 cm³/mol. The van der Waals surface area contributed by atoms with Gasteiger partial charge in [-0.3, -0.25) is 4.79 Å². The molecule has 3 saturated carbocycles. The van der Waals surface area contributed by atoms with E-state index in [1.807, 2.05) is 0 Å². The van der Waals surface area contributed by atoms with Gasteiger partial charge in [0.1, 0.15) is 0 Å². The molecule has 3 heteroatoms.